The van der Waals surface area contributed by atoms with Gasteiger partial charge < -0.3 is 10.1 Å². The Balaban J connectivity index is 1.45. The van der Waals surface area contributed by atoms with Crippen LogP contribution in [0, 0.1) is 17.8 Å². The van der Waals surface area contributed by atoms with Crippen LogP contribution in [0.2, 0.25) is 0 Å². The van der Waals surface area contributed by atoms with Gasteiger partial charge in [-0.1, -0.05) is 16.6 Å². The van der Waals surface area contributed by atoms with Crippen LogP contribution in [0.3, 0.4) is 0 Å². The van der Waals surface area contributed by atoms with Crippen LogP contribution in [0.15, 0.2) is 36.4 Å². The van der Waals surface area contributed by atoms with E-state index < -0.39 is 0 Å². The van der Waals surface area contributed by atoms with Gasteiger partial charge in [-0.15, -0.1) is 5.10 Å². The summed E-state index contributed by atoms with van der Waals surface area (Å²) in [6.45, 7) is 0.726. The van der Waals surface area contributed by atoms with Gasteiger partial charge in [0.05, 0.1) is 7.11 Å². The van der Waals surface area contributed by atoms with Crippen LogP contribution in [0.5, 0.6) is 5.75 Å². The van der Waals surface area contributed by atoms with Gasteiger partial charge in [0.15, 0.2) is 0 Å². The van der Waals surface area contributed by atoms with Gasteiger partial charge in [-0.05, 0) is 66.4 Å². The number of rotatable bonds is 5. The minimum atomic E-state index is -0.0810. The van der Waals surface area contributed by atoms with Gasteiger partial charge in [0.1, 0.15) is 16.3 Å². The third-order valence-electron chi connectivity index (χ3n) is 5.00. The molecule has 6 heteroatoms. The number of nitrogens with one attached hydrogen (secondary N) is 1. The van der Waals surface area contributed by atoms with Crippen molar-refractivity contribution >= 4 is 17.4 Å². The van der Waals surface area contributed by atoms with E-state index >= 15 is 0 Å². The Morgan fingerprint density at radius 3 is 2.79 bits per heavy atom. The van der Waals surface area contributed by atoms with Gasteiger partial charge in [0.25, 0.3) is 5.91 Å². The molecule has 3 atom stereocenters. The van der Waals surface area contributed by atoms with Gasteiger partial charge in [-0.25, -0.2) is 0 Å². The van der Waals surface area contributed by atoms with Crippen LogP contribution in [-0.4, -0.2) is 29.1 Å². The molecule has 124 valence electrons. The van der Waals surface area contributed by atoms with E-state index in [-0.39, 0.29) is 5.91 Å². The molecule has 1 aromatic heterocycles. The molecule has 0 aliphatic heterocycles. The summed E-state index contributed by atoms with van der Waals surface area (Å²) in [5, 5.41) is 7.21. The molecule has 1 N–H and O–H groups in total. The molecule has 0 saturated heterocycles. The second-order valence-electron chi connectivity index (χ2n) is 6.43. The van der Waals surface area contributed by atoms with E-state index in [4.69, 9.17) is 4.74 Å². The monoisotopic (exact) mass is 341 g/mol. The molecule has 4 rings (SSSR count). The molecule has 1 aromatic carbocycles. The number of amides is 1. The molecule has 1 fully saturated rings. The van der Waals surface area contributed by atoms with Crippen LogP contribution in [0.4, 0.5) is 0 Å². The third kappa shape index (κ3) is 2.82. The van der Waals surface area contributed by atoms with E-state index in [0.717, 1.165) is 35.3 Å². The number of fused-ring (bicyclic) bond motifs is 2. The molecular formula is C18H19N3O2S. The van der Waals surface area contributed by atoms with Gasteiger partial charge in [0, 0.05) is 12.1 Å². The van der Waals surface area contributed by atoms with E-state index in [9.17, 15) is 4.79 Å². The largest absolute Gasteiger partial charge is 0.497 e. The van der Waals surface area contributed by atoms with Crippen molar-refractivity contribution < 1.29 is 9.53 Å². The Morgan fingerprint density at radius 2 is 2.12 bits per heavy atom. The minimum Gasteiger partial charge on any atom is -0.497 e. The molecule has 2 aromatic rings. The van der Waals surface area contributed by atoms with Gasteiger partial charge in [0.2, 0.25) is 0 Å². The summed E-state index contributed by atoms with van der Waals surface area (Å²) in [5.74, 6) is 2.61. The number of aromatic nitrogens is 2. The van der Waals surface area contributed by atoms with Crippen molar-refractivity contribution in [2.75, 3.05) is 13.7 Å². The van der Waals surface area contributed by atoms with Crippen molar-refractivity contribution in [3.8, 4) is 17.0 Å². The lowest BCUT2D eigenvalue weighted by Crippen LogP contribution is -2.30. The second kappa shape index (κ2) is 6.36. The zero-order valence-corrected chi connectivity index (χ0v) is 14.3. The lowest BCUT2D eigenvalue weighted by Gasteiger charge is -2.18. The molecule has 24 heavy (non-hydrogen) atoms. The number of hydrogen-bond acceptors (Lipinski definition) is 5. The summed E-state index contributed by atoms with van der Waals surface area (Å²) in [6.07, 6.45) is 7.06. The van der Waals surface area contributed by atoms with Crippen molar-refractivity contribution in [3.05, 3.63) is 41.3 Å². The van der Waals surface area contributed by atoms with Crippen molar-refractivity contribution in [2.45, 2.75) is 12.8 Å². The first-order chi connectivity index (χ1) is 11.7. The van der Waals surface area contributed by atoms with Crippen LogP contribution in [0.25, 0.3) is 11.3 Å². The first kappa shape index (κ1) is 15.3. The smallest absolute Gasteiger partial charge is 0.265 e. The van der Waals surface area contributed by atoms with Crippen LogP contribution >= 0.6 is 11.5 Å². The Labute approximate surface area is 144 Å². The Hall–Kier alpha value is -2.21. The molecule has 1 amide bonds. The number of methoxy groups -OCH3 is 1. The van der Waals surface area contributed by atoms with Crippen LogP contribution in [-0.2, 0) is 0 Å². The molecule has 0 spiro atoms. The predicted octanol–water partition coefficient (Wildman–Crippen LogP) is 3.16. The highest BCUT2D eigenvalue weighted by atomic mass is 32.1. The van der Waals surface area contributed by atoms with Crippen molar-refractivity contribution in [1.29, 1.82) is 0 Å². The first-order valence-electron chi connectivity index (χ1n) is 8.18. The van der Waals surface area contributed by atoms with Crippen molar-refractivity contribution in [3.63, 3.8) is 0 Å². The van der Waals surface area contributed by atoms with Crippen LogP contribution in [0.1, 0.15) is 22.5 Å². The number of carbonyl (C=O) groups excluding carboxylic acids is 1. The zero-order valence-electron chi connectivity index (χ0n) is 13.4. The van der Waals surface area contributed by atoms with E-state index in [1.165, 1.54) is 12.8 Å². The fraction of sp³-hybridized carbons (Fsp3) is 0.389. The number of carbonyl (C=O) groups is 1. The molecule has 2 aliphatic rings. The van der Waals surface area contributed by atoms with E-state index in [0.29, 0.717) is 22.4 Å². The lowest BCUT2D eigenvalue weighted by atomic mass is 9.93. The number of hydrogen-bond donors (Lipinski definition) is 1. The lowest BCUT2D eigenvalue weighted by molar-refractivity contribution is 0.0949. The minimum absolute atomic E-state index is 0.0810. The van der Waals surface area contributed by atoms with Crippen molar-refractivity contribution in [1.82, 2.24) is 14.9 Å². The maximum absolute atomic E-state index is 12.6. The molecule has 2 bridgehead atoms. The summed E-state index contributed by atoms with van der Waals surface area (Å²) < 4.78 is 9.13. The molecule has 1 saturated carbocycles. The van der Waals surface area contributed by atoms with Crippen LogP contribution < -0.4 is 10.1 Å². The van der Waals surface area contributed by atoms with E-state index in [1.807, 2.05) is 24.3 Å². The molecule has 2 aliphatic carbocycles. The predicted molar refractivity (Wildman–Crippen MR) is 93.1 cm³/mol. The van der Waals surface area contributed by atoms with E-state index in [1.54, 1.807) is 7.11 Å². The average molecular weight is 341 g/mol. The Bertz CT molecular complexity index is 769. The molecule has 0 radical (unpaired) electrons. The maximum Gasteiger partial charge on any atom is 0.265 e. The molecule has 1 heterocycles. The third-order valence-corrected chi connectivity index (χ3v) is 5.72. The number of ether oxygens (including phenoxy) is 1. The number of nitrogens with zero attached hydrogens (tertiary/aromatic N) is 2. The summed E-state index contributed by atoms with van der Waals surface area (Å²) in [4.78, 5) is 13.1. The fourth-order valence-corrected chi connectivity index (χ4v) is 4.32. The summed E-state index contributed by atoms with van der Waals surface area (Å²) in [7, 11) is 1.63. The SMILES string of the molecule is COc1ccc(-c2nnsc2C(=O)NC[C@H]2C[C@H]3C=C[C@@H]2C3)cc1. The first-order valence-corrected chi connectivity index (χ1v) is 8.95. The Kier molecular flexibility index (Phi) is 4.06. The summed E-state index contributed by atoms with van der Waals surface area (Å²) in [5.41, 5.74) is 1.51. The molecular weight excluding hydrogens is 322 g/mol. The average Bonchev–Trinajstić information content (AvgIpc) is 3.35. The van der Waals surface area contributed by atoms with Gasteiger partial charge >= 0.3 is 0 Å². The summed E-state index contributed by atoms with van der Waals surface area (Å²) in [6, 6.07) is 7.51. The normalized spacial score (nSPS) is 24.3. The fourth-order valence-electron chi connectivity index (χ4n) is 3.71. The molecule has 0 unspecified atom stereocenters. The number of benzene rings is 1. The van der Waals surface area contributed by atoms with Gasteiger partial charge in [-0.3, -0.25) is 4.79 Å². The number of allylic oxidation sites excluding steroid dienone is 2. The second-order valence-corrected chi connectivity index (χ2v) is 7.18. The highest BCUT2D eigenvalue weighted by Gasteiger charge is 2.35. The zero-order chi connectivity index (χ0) is 16.5. The maximum atomic E-state index is 12.6. The molecule has 5 nitrogen and oxygen atoms in total. The van der Waals surface area contributed by atoms with E-state index in [2.05, 4.69) is 27.1 Å². The highest BCUT2D eigenvalue weighted by molar-refractivity contribution is 7.08. The topological polar surface area (TPSA) is 64.1 Å². The standard InChI is InChI=1S/C18H19N3O2S/c1-23-15-6-4-12(5-7-15)16-17(24-21-20-16)18(22)19-10-14-9-11-2-3-13(14)8-11/h2-7,11,13-14H,8-10H2,1H3,(H,19,22)/t11-,13+,14+/m0/s1. The Morgan fingerprint density at radius 1 is 1.29 bits per heavy atom. The van der Waals surface area contributed by atoms with Crippen molar-refractivity contribution in [2.24, 2.45) is 17.8 Å². The quantitative estimate of drug-likeness (QED) is 0.849. The highest BCUT2D eigenvalue weighted by Crippen LogP contribution is 2.43. The van der Waals surface area contributed by atoms with Gasteiger partial charge in [-0.2, -0.15) is 0 Å². The summed E-state index contributed by atoms with van der Waals surface area (Å²) >= 11 is 1.14.